The van der Waals surface area contributed by atoms with E-state index in [1.54, 1.807) is 4.90 Å². The van der Waals surface area contributed by atoms with Crippen LogP contribution in [0.1, 0.15) is 42.1 Å². The number of aromatic carboxylic acids is 1. The van der Waals surface area contributed by atoms with Crippen molar-refractivity contribution in [2.24, 2.45) is 11.7 Å². The Morgan fingerprint density at radius 1 is 1.19 bits per heavy atom. The second-order valence-corrected chi connectivity index (χ2v) is 7.39. The lowest BCUT2D eigenvalue weighted by Gasteiger charge is -2.33. The standard InChI is InChI=1S/C19H21F2N3O3/c20-14-8-11-7-13(19(26)27)18(25)24(12-1-2-12)16(11)15(21)17(14)23-5-3-10(9-22)4-6-23/h7-8,10,12H,1-6,9,22H2,(H,26,27). The summed E-state index contributed by atoms with van der Waals surface area (Å²) in [5.74, 6) is -2.60. The lowest BCUT2D eigenvalue weighted by atomic mass is 9.96. The molecule has 0 amide bonds. The zero-order valence-corrected chi connectivity index (χ0v) is 14.8. The Balaban J connectivity index is 1.91. The van der Waals surface area contributed by atoms with Gasteiger partial charge in [0.1, 0.15) is 17.1 Å². The number of anilines is 1. The summed E-state index contributed by atoms with van der Waals surface area (Å²) in [5.41, 5.74) is 4.32. The number of pyridine rings is 1. The zero-order chi connectivity index (χ0) is 19.3. The summed E-state index contributed by atoms with van der Waals surface area (Å²) in [7, 11) is 0. The smallest absolute Gasteiger partial charge is 0.341 e. The van der Waals surface area contributed by atoms with Gasteiger partial charge in [-0.1, -0.05) is 0 Å². The monoisotopic (exact) mass is 377 g/mol. The van der Waals surface area contributed by atoms with Crippen molar-refractivity contribution in [1.82, 2.24) is 4.57 Å². The maximum atomic E-state index is 15.4. The molecule has 2 aromatic rings. The van der Waals surface area contributed by atoms with Crippen LogP contribution in [0.15, 0.2) is 16.9 Å². The summed E-state index contributed by atoms with van der Waals surface area (Å²) < 4.78 is 31.4. The van der Waals surface area contributed by atoms with Crippen LogP contribution in [-0.4, -0.2) is 35.3 Å². The highest BCUT2D eigenvalue weighted by molar-refractivity contribution is 5.94. The molecule has 1 aliphatic heterocycles. The highest BCUT2D eigenvalue weighted by atomic mass is 19.1. The number of hydrogen-bond donors (Lipinski definition) is 2. The highest BCUT2D eigenvalue weighted by Gasteiger charge is 2.32. The van der Waals surface area contributed by atoms with E-state index in [0.717, 1.165) is 25.0 Å². The number of carboxylic acids is 1. The number of nitrogens with zero attached hydrogens (tertiary/aromatic N) is 2. The molecule has 4 rings (SSSR count). The van der Waals surface area contributed by atoms with Gasteiger partial charge >= 0.3 is 5.97 Å². The number of fused-ring (bicyclic) bond motifs is 1. The summed E-state index contributed by atoms with van der Waals surface area (Å²) >= 11 is 0. The fraction of sp³-hybridized carbons (Fsp3) is 0.474. The predicted molar refractivity (Wildman–Crippen MR) is 97.3 cm³/mol. The molecule has 1 aromatic carbocycles. The quantitative estimate of drug-likeness (QED) is 0.855. The largest absolute Gasteiger partial charge is 0.477 e. The van der Waals surface area contributed by atoms with Gasteiger partial charge in [0, 0.05) is 24.5 Å². The summed E-state index contributed by atoms with van der Waals surface area (Å²) in [6.07, 6.45) is 2.85. The molecule has 0 radical (unpaired) electrons. The Hall–Kier alpha value is -2.48. The number of halogens is 2. The van der Waals surface area contributed by atoms with Crippen molar-refractivity contribution >= 4 is 22.6 Å². The molecule has 2 aliphatic rings. The van der Waals surface area contributed by atoms with E-state index < -0.39 is 28.7 Å². The van der Waals surface area contributed by atoms with Crippen LogP contribution >= 0.6 is 0 Å². The molecule has 0 bridgehead atoms. The van der Waals surface area contributed by atoms with Crippen LogP contribution in [0.5, 0.6) is 0 Å². The molecule has 0 spiro atoms. The fourth-order valence-electron chi connectivity index (χ4n) is 3.94. The third-order valence-corrected chi connectivity index (χ3v) is 5.59. The molecular formula is C19H21F2N3O3. The van der Waals surface area contributed by atoms with Gasteiger partial charge in [-0.05, 0) is 50.3 Å². The van der Waals surface area contributed by atoms with Gasteiger partial charge in [0.25, 0.3) is 5.56 Å². The number of carbonyl (C=O) groups is 1. The number of rotatable bonds is 4. The van der Waals surface area contributed by atoms with Crippen molar-refractivity contribution < 1.29 is 18.7 Å². The first-order valence-corrected chi connectivity index (χ1v) is 9.18. The van der Waals surface area contributed by atoms with E-state index in [9.17, 15) is 19.1 Å². The summed E-state index contributed by atoms with van der Waals surface area (Å²) in [5, 5.41) is 9.37. The van der Waals surface area contributed by atoms with Gasteiger partial charge in [-0.2, -0.15) is 0 Å². The van der Waals surface area contributed by atoms with Gasteiger partial charge in [0.2, 0.25) is 0 Å². The van der Waals surface area contributed by atoms with Gasteiger partial charge in [-0.25, -0.2) is 13.6 Å². The van der Waals surface area contributed by atoms with E-state index in [1.165, 1.54) is 4.57 Å². The van der Waals surface area contributed by atoms with Crippen molar-refractivity contribution in [3.63, 3.8) is 0 Å². The van der Waals surface area contributed by atoms with Crippen LogP contribution < -0.4 is 16.2 Å². The number of carboxylic acid groups (broad SMARTS) is 1. The normalized spacial score (nSPS) is 18.3. The molecular weight excluding hydrogens is 356 g/mol. The summed E-state index contributed by atoms with van der Waals surface area (Å²) in [6, 6.07) is 1.96. The number of hydrogen-bond acceptors (Lipinski definition) is 4. The molecule has 1 aromatic heterocycles. The van der Waals surface area contributed by atoms with Crippen LogP contribution in [0.3, 0.4) is 0 Å². The Morgan fingerprint density at radius 3 is 2.41 bits per heavy atom. The highest BCUT2D eigenvalue weighted by Crippen LogP contribution is 2.39. The van der Waals surface area contributed by atoms with Crippen molar-refractivity contribution in [3.05, 3.63) is 39.7 Å². The molecule has 3 N–H and O–H groups in total. The summed E-state index contributed by atoms with van der Waals surface area (Å²) in [4.78, 5) is 25.6. The number of benzene rings is 1. The van der Waals surface area contributed by atoms with Gasteiger partial charge in [0.15, 0.2) is 5.82 Å². The van der Waals surface area contributed by atoms with Crippen LogP contribution in [0.4, 0.5) is 14.5 Å². The van der Waals surface area contributed by atoms with Crippen LogP contribution in [0, 0.1) is 17.6 Å². The maximum absolute atomic E-state index is 15.4. The Labute approximate surface area is 154 Å². The molecule has 6 nitrogen and oxygen atoms in total. The van der Waals surface area contributed by atoms with E-state index in [-0.39, 0.29) is 22.6 Å². The maximum Gasteiger partial charge on any atom is 0.341 e. The lowest BCUT2D eigenvalue weighted by molar-refractivity contribution is 0.0694. The van der Waals surface area contributed by atoms with Crippen molar-refractivity contribution in [2.75, 3.05) is 24.5 Å². The second-order valence-electron chi connectivity index (χ2n) is 7.39. The molecule has 1 saturated carbocycles. The SMILES string of the molecule is NCC1CCN(c2c(F)cc3cc(C(=O)O)c(=O)n(C4CC4)c3c2F)CC1. The first kappa shape index (κ1) is 17.9. The first-order chi connectivity index (χ1) is 12.9. The third kappa shape index (κ3) is 2.97. The average molecular weight is 377 g/mol. The molecule has 144 valence electrons. The average Bonchev–Trinajstić information content (AvgIpc) is 3.47. The van der Waals surface area contributed by atoms with E-state index in [1.807, 2.05) is 0 Å². The summed E-state index contributed by atoms with van der Waals surface area (Å²) in [6.45, 7) is 1.53. The van der Waals surface area contributed by atoms with Crippen molar-refractivity contribution in [2.45, 2.75) is 31.7 Å². The van der Waals surface area contributed by atoms with Crippen LogP contribution in [0.2, 0.25) is 0 Å². The van der Waals surface area contributed by atoms with E-state index >= 15 is 4.39 Å². The third-order valence-electron chi connectivity index (χ3n) is 5.59. The zero-order valence-electron chi connectivity index (χ0n) is 14.8. The van der Waals surface area contributed by atoms with Gasteiger partial charge < -0.3 is 20.3 Å². The minimum absolute atomic E-state index is 0.00940. The molecule has 27 heavy (non-hydrogen) atoms. The molecule has 1 saturated heterocycles. The molecule has 2 heterocycles. The molecule has 0 atom stereocenters. The number of nitrogens with two attached hydrogens (primary N) is 1. The molecule has 1 aliphatic carbocycles. The topological polar surface area (TPSA) is 88.6 Å². The van der Waals surface area contributed by atoms with E-state index in [0.29, 0.717) is 38.4 Å². The Morgan fingerprint density at radius 2 is 1.85 bits per heavy atom. The number of piperidine rings is 1. The Kier molecular flexibility index (Phi) is 4.38. The Bertz CT molecular complexity index is 977. The minimum Gasteiger partial charge on any atom is -0.477 e. The molecule has 2 fully saturated rings. The van der Waals surface area contributed by atoms with Crippen molar-refractivity contribution in [3.8, 4) is 0 Å². The first-order valence-electron chi connectivity index (χ1n) is 9.18. The van der Waals surface area contributed by atoms with Crippen LogP contribution in [-0.2, 0) is 0 Å². The molecule has 8 heteroatoms. The lowest BCUT2D eigenvalue weighted by Crippen LogP contribution is -2.37. The van der Waals surface area contributed by atoms with E-state index in [2.05, 4.69) is 0 Å². The van der Waals surface area contributed by atoms with E-state index in [4.69, 9.17) is 5.73 Å². The van der Waals surface area contributed by atoms with Crippen LogP contribution in [0.25, 0.3) is 10.9 Å². The van der Waals surface area contributed by atoms with Gasteiger partial charge in [0.05, 0.1) is 5.52 Å². The van der Waals surface area contributed by atoms with Crippen molar-refractivity contribution in [1.29, 1.82) is 0 Å². The van der Waals surface area contributed by atoms with Gasteiger partial charge in [-0.3, -0.25) is 4.79 Å². The number of aromatic nitrogens is 1. The van der Waals surface area contributed by atoms with Gasteiger partial charge in [-0.15, -0.1) is 0 Å². The predicted octanol–water partition coefficient (Wildman–Crippen LogP) is 2.49. The molecule has 0 unspecified atom stereocenters. The minimum atomic E-state index is -1.40. The second kappa shape index (κ2) is 6.60. The fourth-order valence-corrected chi connectivity index (χ4v) is 3.94.